The molecule has 0 aromatic heterocycles. The summed E-state index contributed by atoms with van der Waals surface area (Å²) in [5, 5.41) is 0. The van der Waals surface area contributed by atoms with E-state index in [1.807, 2.05) is 0 Å². The molecule has 0 unspecified atom stereocenters. The molecule has 25 heavy (non-hydrogen) atoms. The molecule has 0 atom stereocenters. The Balaban J connectivity index is 3.55. The summed E-state index contributed by atoms with van der Waals surface area (Å²) < 4.78 is 11.8. The molecule has 0 saturated carbocycles. The minimum Gasteiger partial charge on any atom is -0.353 e. The van der Waals surface area contributed by atoms with E-state index in [1.54, 1.807) is 0 Å². The number of hydrogen-bond acceptors (Lipinski definition) is 2. The molecule has 0 saturated heterocycles. The lowest BCUT2D eigenvalue weighted by Gasteiger charge is -2.18. The van der Waals surface area contributed by atoms with E-state index in [0.29, 0.717) is 0 Å². The Hall–Kier alpha value is -0.600. The summed E-state index contributed by atoms with van der Waals surface area (Å²) in [6.45, 7) is 8.26. The van der Waals surface area contributed by atoms with Gasteiger partial charge < -0.3 is 9.47 Å². The molecule has 0 radical (unpaired) electrons. The number of unbranched alkanes of at least 4 members (excludes halogenated alkanes) is 8. The van der Waals surface area contributed by atoms with Gasteiger partial charge in [0.15, 0.2) is 6.29 Å². The SMILES string of the molecule is CCC=CC=CCCCCCCCCC(OCCCC)OCCCC. The van der Waals surface area contributed by atoms with Gasteiger partial charge in [0.05, 0.1) is 0 Å². The first kappa shape index (κ1) is 24.4. The van der Waals surface area contributed by atoms with E-state index in [2.05, 4.69) is 45.1 Å². The highest BCUT2D eigenvalue weighted by Gasteiger charge is 2.08. The van der Waals surface area contributed by atoms with Gasteiger partial charge in [0.25, 0.3) is 0 Å². The van der Waals surface area contributed by atoms with Crippen LogP contribution in [0, 0.1) is 0 Å². The molecule has 0 N–H and O–H groups in total. The van der Waals surface area contributed by atoms with Crippen LogP contribution in [0.25, 0.3) is 0 Å². The van der Waals surface area contributed by atoms with E-state index in [1.165, 1.54) is 57.8 Å². The van der Waals surface area contributed by atoms with Gasteiger partial charge in [-0.2, -0.15) is 0 Å². The van der Waals surface area contributed by atoms with Gasteiger partial charge in [0.1, 0.15) is 0 Å². The summed E-state index contributed by atoms with van der Waals surface area (Å²) in [5.74, 6) is 0. The van der Waals surface area contributed by atoms with Crippen molar-refractivity contribution < 1.29 is 9.47 Å². The summed E-state index contributed by atoms with van der Waals surface area (Å²) in [5.41, 5.74) is 0. The average Bonchev–Trinajstić information content (AvgIpc) is 2.62. The summed E-state index contributed by atoms with van der Waals surface area (Å²) in [7, 11) is 0. The molecule has 0 rings (SSSR count). The highest BCUT2D eigenvalue weighted by molar-refractivity contribution is 5.01. The lowest BCUT2D eigenvalue weighted by molar-refractivity contribution is -0.147. The van der Waals surface area contributed by atoms with Crippen LogP contribution in [0.3, 0.4) is 0 Å². The molecule has 148 valence electrons. The molecular formula is C23H44O2. The molecule has 2 heteroatoms. The standard InChI is InChI=1S/C23H44O2/c1-4-7-10-11-12-13-14-15-16-17-18-19-20-23(24-21-8-5-2)25-22-9-6-3/h7,10-12,23H,4-6,8-9,13-22H2,1-3H3. The van der Waals surface area contributed by atoms with E-state index < -0.39 is 0 Å². The molecule has 2 nitrogen and oxygen atoms in total. The van der Waals surface area contributed by atoms with Crippen molar-refractivity contribution in [3.63, 3.8) is 0 Å². The van der Waals surface area contributed by atoms with Crippen LogP contribution in [0.5, 0.6) is 0 Å². The van der Waals surface area contributed by atoms with E-state index in [-0.39, 0.29) is 6.29 Å². The second-order valence-electron chi connectivity index (χ2n) is 6.84. The lowest BCUT2D eigenvalue weighted by Crippen LogP contribution is -2.18. The zero-order valence-corrected chi connectivity index (χ0v) is 17.3. The molecule has 0 aromatic carbocycles. The van der Waals surface area contributed by atoms with Crippen molar-refractivity contribution in [2.75, 3.05) is 13.2 Å². The molecule has 0 aliphatic carbocycles. The summed E-state index contributed by atoms with van der Waals surface area (Å²) in [6, 6.07) is 0. The Morgan fingerprint density at radius 2 is 1.20 bits per heavy atom. The van der Waals surface area contributed by atoms with Crippen LogP contribution in [-0.2, 0) is 9.47 Å². The van der Waals surface area contributed by atoms with Crippen molar-refractivity contribution in [2.45, 2.75) is 111 Å². The Kier molecular flexibility index (Phi) is 20.9. The van der Waals surface area contributed by atoms with Gasteiger partial charge in [-0.3, -0.25) is 0 Å². The van der Waals surface area contributed by atoms with Crippen LogP contribution in [0.1, 0.15) is 104 Å². The van der Waals surface area contributed by atoms with E-state index >= 15 is 0 Å². The zero-order chi connectivity index (χ0) is 18.4. The number of hydrogen-bond donors (Lipinski definition) is 0. The second kappa shape index (κ2) is 21.4. The Labute approximate surface area is 158 Å². The predicted octanol–water partition coefficient (Wildman–Crippen LogP) is 7.59. The van der Waals surface area contributed by atoms with Crippen LogP contribution in [0.15, 0.2) is 24.3 Å². The molecule has 0 aromatic rings. The van der Waals surface area contributed by atoms with Crippen molar-refractivity contribution in [3.05, 3.63) is 24.3 Å². The van der Waals surface area contributed by atoms with Crippen LogP contribution in [0.4, 0.5) is 0 Å². The molecule has 0 aliphatic heterocycles. The van der Waals surface area contributed by atoms with Crippen molar-refractivity contribution >= 4 is 0 Å². The van der Waals surface area contributed by atoms with Crippen LogP contribution >= 0.6 is 0 Å². The smallest absolute Gasteiger partial charge is 0.157 e. The van der Waals surface area contributed by atoms with Crippen LogP contribution in [-0.4, -0.2) is 19.5 Å². The fourth-order valence-electron chi connectivity index (χ4n) is 2.60. The summed E-state index contributed by atoms with van der Waals surface area (Å²) in [4.78, 5) is 0. The highest BCUT2D eigenvalue weighted by atomic mass is 16.7. The fourth-order valence-corrected chi connectivity index (χ4v) is 2.60. The molecule has 0 fully saturated rings. The van der Waals surface area contributed by atoms with Crippen molar-refractivity contribution in [2.24, 2.45) is 0 Å². The fraction of sp³-hybridized carbons (Fsp3) is 0.826. The summed E-state index contributed by atoms with van der Waals surface area (Å²) in [6.07, 6.45) is 24.8. The normalized spacial score (nSPS) is 12.2. The lowest BCUT2D eigenvalue weighted by atomic mass is 10.1. The number of allylic oxidation sites excluding steroid dienone is 4. The second-order valence-corrected chi connectivity index (χ2v) is 6.84. The largest absolute Gasteiger partial charge is 0.353 e. The van der Waals surface area contributed by atoms with Crippen molar-refractivity contribution in [1.82, 2.24) is 0 Å². The zero-order valence-electron chi connectivity index (χ0n) is 17.3. The Morgan fingerprint density at radius 3 is 1.80 bits per heavy atom. The predicted molar refractivity (Wildman–Crippen MR) is 111 cm³/mol. The van der Waals surface area contributed by atoms with Crippen molar-refractivity contribution in [3.8, 4) is 0 Å². The maximum Gasteiger partial charge on any atom is 0.157 e. The van der Waals surface area contributed by atoms with Gasteiger partial charge in [-0.15, -0.1) is 0 Å². The maximum atomic E-state index is 5.89. The quantitative estimate of drug-likeness (QED) is 0.135. The van der Waals surface area contributed by atoms with Crippen LogP contribution < -0.4 is 0 Å². The van der Waals surface area contributed by atoms with Gasteiger partial charge in [-0.1, -0.05) is 83.6 Å². The maximum absolute atomic E-state index is 5.89. The summed E-state index contributed by atoms with van der Waals surface area (Å²) >= 11 is 0. The van der Waals surface area contributed by atoms with Crippen LogP contribution in [0.2, 0.25) is 0 Å². The van der Waals surface area contributed by atoms with Gasteiger partial charge in [-0.05, 0) is 44.9 Å². The molecular weight excluding hydrogens is 308 g/mol. The topological polar surface area (TPSA) is 18.5 Å². The minimum absolute atomic E-state index is 0.0272. The van der Waals surface area contributed by atoms with Crippen molar-refractivity contribution in [1.29, 1.82) is 0 Å². The molecule has 0 bridgehead atoms. The minimum atomic E-state index is 0.0272. The van der Waals surface area contributed by atoms with Gasteiger partial charge in [-0.25, -0.2) is 0 Å². The van der Waals surface area contributed by atoms with Gasteiger partial charge >= 0.3 is 0 Å². The molecule has 0 spiro atoms. The first-order valence-corrected chi connectivity index (χ1v) is 10.9. The number of rotatable bonds is 19. The average molecular weight is 353 g/mol. The van der Waals surface area contributed by atoms with E-state index in [9.17, 15) is 0 Å². The van der Waals surface area contributed by atoms with Gasteiger partial charge in [0.2, 0.25) is 0 Å². The molecule has 0 aliphatic rings. The monoisotopic (exact) mass is 352 g/mol. The van der Waals surface area contributed by atoms with Gasteiger partial charge in [0, 0.05) is 13.2 Å². The van der Waals surface area contributed by atoms with E-state index in [0.717, 1.165) is 38.9 Å². The molecule has 0 amide bonds. The Bertz CT molecular complexity index is 286. The first-order valence-electron chi connectivity index (χ1n) is 10.9. The molecule has 0 heterocycles. The third-order valence-corrected chi connectivity index (χ3v) is 4.28. The third kappa shape index (κ3) is 19.6. The highest BCUT2D eigenvalue weighted by Crippen LogP contribution is 2.13. The van der Waals surface area contributed by atoms with E-state index in [4.69, 9.17) is 9.47 Å². The third-order valence-electron chi connectivity index (χ3n) is 4.28. The Morgan fingerprint density at radius 1 is 0.640 bits per heavy atom. The first-order chi connectivity index (χ1) is 12.3. The number of ether oxygens (including phenoxy) is 2.